The number of amides is 1. The third-order valence-corrected chi connectivity index (χ3v) is 5.06. The first kappa shape index (κ1) is 21.0. The quantitative estimate of drug-likeness (QED) is 0.718. The number of hydrogen-bond acceptors (Lipinski definition) is 2. The topological polar surface area (TPSA) is 38.3 Å². The van der Waals surface area contributed by atoms with E-state index in [0.29, 0.717) is 5.75 Å². The molecule has 2 aromatic rings. The van der Waals surface area contributed by atoms with Gasteiger partial charge in [-0.25, -0.2) is 0 Å². The summed E-state index contributed by atoms with van der Waals surface area (Å²) in [6.07, 6.45) is 0.285. The zero-order valence-electron chi connectivity index (χ0n) is 17.7. The van der Waals surface area contributed by atoms with Crippen molar-refractivity contribution in [3.05, 3.63) is 64.7 Å². The van der Waals surface area contributed by atoms with Crippen molar-refractivity contribution in [2.75, 3.05) is 0 Å². The predicted octanol–water partition coefficient (Wildman–Crippen LogP) is 5.64. The lowest BCUT2D eigenvalue weighted by atomic mass is 9.87. The second-order valence-electron chi connectivity index (χ2n) is 8.35. The Balaban J connectivity index is 2.02. The van der Waals surface area contributed by atoms with Gasteiger partial charge in [-0.05, 0) is 67.0 Å². The number of ether oxygens (including phenoxy) is 1. The maximum absolute atomic E-state index is 12.6. The molecule has 146 valence electrons. The Morgan fingerprint density at radius 1 is 1.04 bits per heavy atom. The van der Waals surface area contributed by atoms with Crippen molar-refractivity contribution in [2.45, 2.75) is 72.4 Å². The SMILES string of the molecule is CCC(NC(=O)C(C)Oc1ccc(C(C)(C)C)cc1)c1ccc(C)c(C)c1. The van der Waals surface area contributed by atoms with Gasteiger partial charge < -0.3 is 10.1 Å². The molecule has 0 aliphatic heterocycles. The number of nitrogens with one attached hydrogen (secondary N) is 1. The van der Waals surface area contributed by atoms with Crippen LogP contribution in [0, 0.1) is 13.8 Å². The van der Waals surface area contributed by atoms with Crippen LogP contribution in [0.1, 0.15) is 69.3 Å². The standard InChI is InChI=1S/C24H33NO2/c1-8-22(19-10-9-16(2)17(3)15-19)25-23(26)18(4)27-21-13-11-20(12-14-21)24(5,6)7/h9-15,18,22H,8H2,1-7H3,(H,25,26). The molecular formula is C24H33NO2. The van der Waals surface area contributed by atoms with E-state index in [1.165, 1.54) is 16.7 Å². The zero-order chi connectivity index (χ0) is 20.2. The largest absolute Gasteiger partial charge is 0.481 e. The van der Waals surface area contributed by atoms with Crippen LogP contribution in [0.15, 0.2) is 42.5 Å². The monoisotopic (exact) mass is 367 g/mol. The summed E-state index contributed by atoms with van der Waals surface area (Å²) in [6, 6.07) is 14.3. The number of benzene rings is 2. The van der Waals surface area contributed by atoms with Crippen molar-refractivity contribution in [2.24, 2.45) is 0 Å². The molecule has 0 radical (unpaired) electrons. The van der Waals surface area contributed by atoms with Crippen LogP contribution >= 0.6 is 0 Å². The van der Waals surface area contributed by atoms with Crippen molar-refractivity contribution in [3.63, 3.8) is 0 Å². The normalized spacial score (nSPS) is 13.7. The molecule has 1 amide bonds. The third kappa shape index (κ3) is 5.59. The summed E-state index contributed by atoms with van der Waals surface area (Å²) in [6.45, 7) is 14.6. The van der Waals surface area contributed by atoms with Crippen molar-refractivity contribution in [3.8, 4) is 5.75 Å². The molecule has 3 nitrogen and oxygen atoms in total. The molecule has 0 aromatic heterocycles. The van der Waals surface area contributed by atoms with Crippen molar-refractivity contribution in [1.82, 2.24) is 5.32 Å². The van der Waals surface area contributed by atoms with E-state index in [-0.39, 0.29) is 17.4 Å². The Bertz CT molecular complexity index is 772. The molecular weight excluding hydrogens is 334 g/mol. The van der Waals surface area contributed by atoms with Gasteiger partial charge in [0, 0.05) is 0 Å². The minimum absolute atomic E-state index is 0.00823. The molecule has 2 unspecified atom stereocenters. The molecule has 1 N–H and O–H groups in total. The average Bonchev–Trinajstić information content (AvgIpc) is 2.61. The molecule has 2 aromatic carbocycles. The van der Waals surface area contributed by atoms with Crippen LogP contribution in [-0.2, 0) is 10.2 Å². The van der Waals surface area contributed by atoms with Crippen molar-refractivity contribution < 1.29 is 9.53 Å². The molecule has 2 atom stereocenters. The fraction of sp³-hybridized carbons (Fsp3) is 0.458. The maximum atomic E-state index is 12.6. The van der Waals surface area contributed by atoms with Crippen LogP contribution in [0.2, 0.25) is 0 Å². The van der Waals surface area contributed by atoms with E-state index in [1.807, 2.05) is 12.1 Å². The number of rotatable bonds is 6. The number of hydrogen-bond donors (Lipinski definition) is 1. The predicted molar refractivity (Wildman–Crippen MR) is 112 cm³/mol. The molecule has 27 heavy (non-hydrogen) atoms. The molecule has 3 heteroatoms. The van der Waals surface area contributed by atoms with Crippen LogP contribution in [0.5, 0.6) is 5.75 Å². The van der Waals surface area contributed by atoms with Gasteiger partial charge in [0.25, 0.3) is 5.91 Å². The van der Waals surface area contributed by atoms with E-state index >= 15 is 0 Å². The summed E-state index contributed by atoms with van der Waals surface area (Å²) in [7, 11) is 0. The van der Waals surface area contributed by atoms with E-state index in [0.717, 1.165) is 12.0 Å². The summed E-state index contributed by atoms with van der Waals surface area (Å²) in [4.78, 5) is 12.6. The molecule has 0 bridgehead atoms. The lowest BCUT2D eigenvalue weighted by Gasteiger charge is -2.22. The minimum atomic E-state index is -0.550. The lowest BCUT2D eigenvalue weighted by Crippen LogP contribution is -2.38. The highest BCUT2D eigenvalue weighted by Gasteiger charge is 2.20. The van der Waals surface area contributed by atoms with Gasteiger partial charge >= 0.3 is 0 Å². The number of carbonyl (C=O) groups is 1. The summed E-state index contributed by atoms with van der Waals surface area (Å²) < 4.78 is 5.86. The number of aryl methyl sites for hydroxylation is 2. The van der Waals surface area contributed by atoms with E-state index in [2.05, 4.69) is 77.2 Å². The summed E-state index contributed by atoms with van der Waals surface area (Å²) in [5, 5.41) is 3.12. The van der Waals surface area contributed by atoms with Crippen LogP contribution in [0.4, 0.5) is 0 Å². The Morgan fingerprint density at radius 2 is 1.67 bits per heavy atom. The van der Waals surface area contributed by atoms with Crippen LogP contribution < -0.4 is 10.1 Å². The highest BCUT2D eigenvalue weighted by molar-refractivity contribution is 5.81. The highest BCUT2D eigenvalue weighted by atomic mass is 16.5. The molecule has 0 spiro atoms. The fourth-order valence-electron chi connectivity index (χ4n) is 2.98. The van der Waals surface area contributed by atoms with Gasteiger partial charge in [-0.15, -0.1) is 0 Å². The number of carbonyl (C=O) groups excluding carboxylic acids is 1. The van der Waals surface area contributed by atoms with Gasteiger partial charge in [0.05, 0.1) is 6.04 Å². The fourth-order valence-corrected chi connectivity index (χ4v) is 2.98. The van der Waals surface area contributed by atoms with Crippen molar-refractivity contribution >= 4 is 5.91 Å². The minimum Gasteiger partial charge on any atom is -0.481 e. The third-order valence-electron chi connectivity index (χ3n) is 5.06. The van der Waals surface area contributed by atoms with Gasteiger partial charge in [-0.1, -0.05) is 58.0 Å². The van der Waals surface area contributed by atoms with Gasteiger partial charge in [0.2, 0.25) is 0 Å². The Labute approximate surface area is 164 Å². The highest BCUT2D eigenvalue weighted by Crippen LogP contribution is 2.25. The Hall–Kier alpha value is -2.29. The molecule has 0 saturated heterocycles. The first-order chi connectivity index (χ1) is 12.6. The maximum Gasteiger partial charge on any atom is 0.261 e. The molecule has 0 heterocycles. The van der Waals surface area contributed by atoms with Gasteiger partial charge in [0.1, 0.15) is 5.75 Å². The molecule has 0 aliphatic carbocycles. The van der Waals surface area contributed by atoms with Gasteiger partial charge in [0.15, 0.2) is 6.10 Å². The lowest BCUT2D eigenvalue weighted by molar-refractivity contribution is -0.128. The van der Waals surface area contributed by atoms with Gasteiger partial charge in [-0.3, -0.25) is 4.79 Å². The average molecular weight is 368 g/mol. The summed E-state index contributed by atoms with van der Waals surface area (Å²) in [5.74, 6) is 0.616. The second kappa shape index (κ2) is 8.60. The van der Waals surface area contributed by atoms with Gasteiger partial charge in [-0.2, -0.15) is 0 Å². The van der Waals surface area contributed by atoms with E-state index in [9.17, 15) is 4.79 Å². The van der Waals surface area contributed by atoms with Crippen LogP contribution in [0.25, 0.3) is 0 Å². The van der Waals surface area contributed by atoms with Crippen molar-refractivity contribution in [1.29, 1.82) is 0 Å². The zero-order valence-corrected chi connectivity index (χ0v) is 17.7. The second-order valence-corrected chi connectivity index (χ2v) is 8.35. The first-order valence-corrected chi connectivity index (χ1v) is 9.76. The summed E-state index contributed by atoms with van der Waals surface area (Å²) in [5.41, 5.74) is 4.98. The Kier molecular flexibility index (Phi) is 6.69. The Morgan fingerprint density at radius 3 is 2.19 bits per heavy atom. The smallest absolute Gasteiger partial charge is 0.261 e. The van der Waals surface area contributed by atoms with E-state index < -0.39 is 6.10 Å². The molecule has 0 aliphatic rings. The van der Waals surface area contributed by atoms with Crippen LogP contribution in [-0.4, -0.2) is 12.0 Å². The van der Waals surface area contributed by atoms with E-state index in [1.54, 1.807) is 6.92 Å². The van der Waals surface area contributed by atoms with Crippen LogP contribution in [0.3, 0.4) is 0 Å². The summed E-state index contributed by atoms with van der Waals surface area (Å²) >= 11 is 0. The molecule has 2 rings (SSSR count). The molecule has 0 saturated carbocycles. The molecule has 0 fully saturated rings. The first-order valence-electron chi connectivity index (χ1n) is 9.76. The van der Waals surface area contributed by atoms with E-state index in [4.69, 9.17) is 4.74 Å².